The minimum atomic E-state index is -1.38. The molecular formula is C22H40N2O7. The van der Waals surface area contributed by atoms with Crippen LogP contribution in [-0.4, -0.2) is 53.7 Å². The van der Waals surface area contributed by atoms with Gasteiger partial charge in [-0.2, -0.15) is 0 Å². The fourth-order valence-electron chi connectivity index (χ4n) is 2.60. The molecule has 0 aromatic rings. The minimum Gasteiger partial charge on any atom is -0.464 e. The maximum Gasteiger partial charge on any atom is 0.328 e. The van der Waals surface area contributed by atoms with Crippen molar-refractivity contribution >= 4 is 23.8 Å². The number of esters is 3. The monoisotopic (exact) mass is 444 g/mol. The molecule has 0 heterocycles. The lowest BCUT2D eigenvalue weighted by Crippen LogP contribution is -2.51. The van der Waals surface area contributed by atoms with Crippen LogP contribution in [0.4, 0.5) is 0 Å². The van der Waals surface area contributed by atoms with E-state index in [0.717, 1.165) is 0 Å². The predicted octanol–water partition coefficient (Wildman–Crippen LogP) is 2.10. The van der Waals surface area contributed by atoms with E-state index in [1.165, 1.54) is 0 Å². The molecule has 0 unspecified atom stereocenters. The van der Waals surface area contributed by atoms with E-state index in [9.17, 15) is 19.2 Å². The van der Waals surface area contributed by atoms with Crippen molar-refractivity contribution in [3.05, 3.63) is 0 Å². The Morgan fingerprint density at radius 1 is 0.839 bits per heavy atom. The van der Waals surface area contributed by atoms with Gasteiger partial charge in [-0.05, 0) is 67.2 Å². The van der Waals surface area contributed by atoms with Crippen molar-refractivity contribution in [2.75, 3.05) is 6.61 Å². The van der Waals surface area contributed by atoms with Gasteiger partial charge in [-0.15, -0.1) is 0 Å². The molecule has 0 bridgehead atoms. The number of amides is 1. The molecule has 180 valence electrons. The number of hydrogen-bond donors (Lipinski definition) is 2. The molecule has 3 N–H and O–H groups in total. The van der Waals surface area contributed by atoms with E-state index in [0.29, 0.717) is 6.42 Å². The molecule has 0 aliphatic carbocycles. The van der Waals surface area contributed by atoms with Crippen LogP contribution >= 0.6 is 0 Å². The highest BCUT2D eigenvalue weighted by molar-refractivity contribution is 5.96. The van der Waals surface area contributed by atoms with E-state index in [1.54, 1.807) is 48.5 Å². The topological polar surface area (TPSA) is 134 Å². The summed E-state index contributed by atoms with van der Waals surface area (Å²) in [5, 5.41) is 2.57. The van der Waals surface area contributed by atoms with E-state index in [2.05, 4.69) is 5.32 Å². The Morgan fingerprint density at radius 2 is 1.29 bits per heavy atom. The molecule has 0 aromatic heterocycles. The van der Waals surface area contributed by atoms with Gasteiger partial charge in [0.1, 0.15) is 17.2 Å². The third-order valence-corrected chi connectivity index (χ3v) is 3.80. The molecule has 0 radical (unpaired) electrons. The molecule has 0 rings (SSSR count). The molecule has 0 aromatic carbocycles. The standard InChI is InChI=1S/C22H40N2O7/c1-10-29-20(28)16(11-13(2)3)24-17(25)15(23)12-14(18(26)30-21(4,5)6)19(27)31-22(7,8)9/h13-16H,10-12,23H2,1-9H3,(H,24,25)/t15-,16-/m0/s1. The highest BCUT2D eigenvalue weighted by atomic mass is 16.6. The average Bonchev–Trinajstić information content (AvgIpc) is 2.55. The molecule has 0 saturated heterocycles. The lowest BCUT2D eigenvalue weighted by molar-refractivity contribution is -0.175. The zero-order valence-electron chi connectivity index (χ0n) is 20.4. The molecule has 0 spiro atoms. The first-order chi connectivity index (χ1) is 14.0. The SMILES string of the molecule is CCOC(=O)[C@H](CC(C)C)NC(=O)[C@@H](N)CC(C(=O)OC(C)(C)C)C(=O)OC(C)(C)C. The van der Waals surface area contributed by atoms with Crippen molar-refractivity contribution in [2.24, 2.45) is 17.6 Å². The largest absolute Gasteiger partial charge is 0.464 e. The Morgan fingerprint density at radius 3 is 1.65 bits per heavy atom. The summed E-state index contributed by atoms with van der Waals surface area (Å²) in [7, 11) is 0. The van der Waals surface area contributed by atoms with E-state index in [1.807, 2.05) is 13.8 Å². The number of nitrogens with one attached hydrogen (secondary N) is 1. The van der Waals surface area contributed by atoms with Gasteiger partial charge >= 0.3 is 17.9 Å². The number of nitrogens with two attached hydrogens (primary N) is 1. The van der Waals surface area contributed by atoms with Crippen LogP contribution in [0.3, 0.4) is 0 Å². The Hall–Kier alpha value is -2.16. The lowest BCUT2D eigenvalue weighted by atomic mass is 9.98. The van der Waals surface area contributed by atoms with Crippen LogP contribution in [0.25, 0.3) is 0 Å². The quantitative estimate of drug-likeness (QED) is 0.297. The summed E-state index contributed by atoms with van der Waals surface area (Å²) in [6.07, 6.45) is 0.0335. The number of hydrogen-bond acceptors (Lipinski definition) is 8. The van der Waals surface area contributed by atoms with Crippen molar-refractivity contribution in [2.45, 2.75) is 98.4 Å². The first-order valence-corrected chi connectivity index (χ1v) is 10.6. The summed E-state index contributed by atoms with van der Waals surface area (Å²) < 4.78 is 15.6. The predicted molar refractivity (Wildman–Crippen MR) is 116 cm³/mol. The first kappa shape index (κ1) is 28.8. The van der Waals surface area contributed by atoms with Gasteiger partial charge in [0.25, 0.3) is 0 Å². The van der Waals surface area contributed by atoms with Gasteiger partial charge in [-0.3, -0.25) is 14.4 Å². The fourth-order valence-corrected chi connectivity index (χ4v) is 2.60. The molecule has 0 fully saturated rings. The van der Waals surface area contributed by atoms with Crippen molar-refractivity contribution in [1.29, 1.82) is 0 Å². The molecule has 0 aliphatic heterocycles. The van der Waals surface area contributed by atoms with E-state index in [4.69, 9.17) is 19.9 Å². The number of rotatable bonds is 10. The second-order valence-electron chi connectivity index (χ2n) is 9.90. The zero-order chi connectivity index (χ0) is 24.6. The number of carbonyl (C=O) groups is 4. The summed E-state index contributed by atoms with van der Waals surface area (Å²) in [6.45, 7) is 15.6. The Kier molecular flexibility index (Phi) is 11.2. The zero-order valence-corrected chi connectivity index (χ0v) is 20.4. The van der Waals surface area contributed by atoms with E-state index in [-0.39, 0.29) is 18.9 Å². The Bertz CT molecular complexity index is 605. The number of ether oxygens (including phenoxy) is 3. The number of carbonyl (C=O) groups excluding carboxylic acids is 4. The second-order valence-corrected chi connectivity index (χ2v) is 9.90. The van der Waals surface area contributed by atoms with Gasteiger partial charge in [0.2, 0.25) is 5.91 Å². The van der Waals surface area contributed by atoms with Gasteiger partial charge in [-0.25, -0.2) is 4.79 Å². The van der Waals surface area contributed by atoms with Crippen molar-refractivity contribution in [3.63, 3.8) is 0 Å². The Balaban J connectivity index is 5.46. The Labute approximate surface area is 185 Å². The van der Waals surface area contributed by atoms with Crippen molar-refractivity contribution in [3.8, 4) is 0 Å². The van der Waals surface area contributed by atoms with Crippen LogP contribution in [-0.2, 0) is 33.4 Å². The lowest BCUT2D eigenvalue weighted by Gasteiger charge is -2.27. The van der Waals surface area contributed by atoms with Crippen molar-refractivity contribution < 1.29 is 33.4 Å². The highest BCUT2D eigenvalue weighted by Gasteiger charge is 2.38. The molecule has 9 nitrogen and oxygen atoms in total. The van der Waals surface area contributed by atoms with Gasteiger partial charge in [0, 0.05) is 0 Å². The summed E-state index contributed by atoms with van der Waals surface area (Å²) in [5.41, 5.74) is 4.32. The van der Waals surface area contributed by atoms with Crippen molar-refractivity contribution in [1.82, 2.24) is 5.32 Å². The highest BCUT2D eigenvalue weighted by Crippen LogP contribution is 2.20. The third kappa shape index (κ3) is 12.3. The summed E-state index contributed by atoms with van der Waals surface area (Å²) in [4.78, 5) is 50.1. The molecule has 0 saturated carbocycles. The smallest absolute Gasteiger partial charge is 0.328 e. The van der Waals surface area contributed by atoms with Crippen LogP contribution in [0.15, 0.2) is 0 Å². The van der Waals surface area contributed by atoms with Gasteiger partial charge in [0.05, 0.1) is 12.6 Å². The summed E-state index contributed by atoms with van der Waals surface area (Å²) in [5.74, 6) is -4.15. The molecule has 1 amide bonds. The molecule has 0 aliphatic rings. The van der Waals surface area contributed by atoms with Crippen LogP contribution in [0.5, 0.6) is 0 Å². The van der Waals surface area contributed by atoms with Crippen LogP contribution in [0, 0.1) is 11.8 Å². The minimum absolute atomic E-state index is 0.113. The molecule has 2 atom stereocenters. The third-order valence-electron chi connectivity index (χ3n) is 3.80. The normalized spacial score (nSPS) is 14.1. The fraction of sp³-hybridized carbons (Fsp3) is 0.818. The second kappa shape index (κ2) is 12.0. The van der Waals surface area contributed by atoms with Gasteiger partial charge in [0.15, 0.2) is 5.92 Å². The summed E-state index contributed by atoms with van der Waals surface area (Å²) >= 11 is 0. The van der Waals surface area contributed by atoms with Crippen LogP contribution in [0.2, 0.25) is 0 Å². The molecule has 31 heavy (non-hydrogen) atoms. The summed E-state index contributed by atoms with van der Waals surface area (Å²) in [6, 6.07) is -2.12. The van der Waals surface area contributed by atoms with E-state index < -0.39 is 53.0 Å². The van der Waals surface area contributed by atoms with Gasteiger partial charge < -0.3 is 25.3 Å². The molecular weight excluding hydrogens is 404 g/mol. The van der Waals surface area contributed by atoms with Crippen LogP contribution in [0.1, 0.15) is 75.2 Å². The van der Waals surface area contributed by atoms with Crippen LogP contribution < -0.4 is 11.1 Å². The first-order valence-electron chi connectivity index (χ1n) is 10.6. The van der Waals surface area contributed by atoms with E-state index >= 15 is 0 Å². The maximum absolute atomic E-state index is 12.6. The molecule has 9 heteroatoms. The average molecular weight is 445 g/mol. The van der Waals surface area contributed by atoms with Gasteiger partial charge in [-0.1, -0.05) is 13.8 Å². The maximum atomic E-state index is 12.6.